The Morgan fingerprint density at radius 3 is 2.15 bits per heavy atom. The Hall–Kier alpha value is -3.27. The van der Waals surface area contributed by atoms with Crippen molar-refractivity contribution in [2.45, 2.75) is 114 Å². The summed E-state index contributed by atoms with van der Waals surface area (Å²) in [6.45, 7) is 10.1. The highest BCUT2D eigenvalue weighted by molar-refractivity contribution is 7.93. The van der Waals surface area contributed by atoms with Gasteiger partial charge in [0.1, 0.15) is 5.67 Å². The molecule has 0 unspecified atom stereocenters. The minimum absolute atomic E-state index is 0.0177. The van der Waals surface area contributed by atoms with Gasteiger partial charge in [-0.1, -0.05) is 50.2 Å². The second-order valence-electron chi connectivity index (χ2n) is 16.1. The van der Waals surface area contributed by atoms with Crippen LogP contribution in [0.3, 0.4) is 0 Å². The summed E-state index contributed by atoms with van der Waals surface area (Å²) in [6, 6.07) is 15.3. The van der Waals surface area contributed by atoms with Crippen molar-refractivity contribution in [3.63, 3.8) is 0 Å². The highest BCUT2D eigenvalue weighted by Gasteiger charge is 2.73. The van der Waals surface area contributed by atoms with Gasteiger partial charge in [0, 0.05) is 28.7 Å². The standard InChI is InChI=1S/C36H45FN4O4S/c1-24(2)46(43,44)40-27-11-9-25(10-12-27)26-7-6-8-28(19-26)41(31(42)35-20-36(37,21-35)22-35)23-33-13-16-34(17-14-33,18-15-33)29-38-30(45-39-29)32(3,4)5/h6-12,19,24,40H,13-18,20-23H2,1-5H3. The first-order chi connectivity index (χ1) is 21.6. The zero-order valence-electron chi connectivity index (χ0n) is 27.5. The number of carbonyl (C=O) groups excluding carboxylic acids is 1. The molecule has 6 aliphatic carbocycles. The van der Waals surface area contributed by atoms with Crippen LogP contribution < -0.4 is 9.62 Å². The number of rotatable bonds is 9. The summed E-state index contributed by atoms with van der Waals surface area (Å²) in [5.41, 5.74) is 1.15. The number of halogens is 1. The van der Waals surface area contributed by atoms with Crippen molar-refractivity contribution in [1.82, 2.24) is 10.1 Å². The van der Waals surface area contributed by atoms with Gasteiger partial charge in [0.25, 0.3) is 0 Å². The highest BCUT2D eigenvalue weighted by atomic mass is 32.2. The Balaban J connectivity index is 1.13. The minimum atomic E-state index is -3.44. The summed E-state index contributed by atoms with van der Waals surface area (Å²) in [4.78, 5) is 21.1. The van der Waals surface area contributed by atoms with E-state index in [-0.39, 0.29) is 22.2 Å². The minimum Gasteiger partial charge on any atom is -0.339 e. The third-order valence-electron chi connectivity index (χ3n) is 11.4. The van der Waals surface area contributed by atoms with Crippen molar-refractivity contribution in [3.8, 4) is 11.1 Å². The number of amides is 1. The lowest BCUT2D eigenvalue weighted by Gasteiger charge is -2.65. The summed E-state index contributed by atoms with van der Waals surface area (Å²) in [7, 11) is -3.44. The number of anilines is 2. The number of carbonyl (C=O) groups is 1. The van der Waals surface area contributed by atoms with E-state index in [1.54, 1.807) is 26.0 Å². The fourth-order valence-corrected chi connectivity index (χ4v) is 8.94. The maximum Gasteiger partial charge on any atom is 0.235 e. The predicted octanol–water partition coefficient (Wildman–Crippen LogP) is 7.70. The van der Waals surface area contributed by atoms with Gasteiger partial charge in [-0.2, -0.15) is 4.98 Å². The Bertz CT molecular complexity index is 1730. The lowest BCUT2D eigenvalue weighted by Crippen LogP contribution is -2.71. The molecule has 0 saturated heterocycles. The van der Waals surface area contributed by atoms with Crippen molar-refractivity contribution in [2.75, 3.05) is 16.2 Å². The van der Waals surface area contributed by atoms with Gasteiger partial charge in [-0.05, 0) is 112 Å². The molecule has 0 radical (unpaired) electrons. The van der Waals surface area contributed by atoms with E-state index in [1.807, 2.05) is 41.3 Å². The van der Waals surface area contributed by atoms with Gasteiger partial charge in [0.05, 0.1) is 10.7 Å². The summed E-state index contributed by atoms with van der Waals surface area (Å²) in [5.74, 6) is 1.55. The second-order valence-corrected chi connectivity index (χ2v) is 18.4. The lowest BCUT2D eigenvalue weighted by molar-refractivity contribution is -0.211. The van der Waals surface area contributed by atoms with E-state index >= 15 is 0 Å². The van der Waals surface area contributed by atoms with Crippen molar-refractivity contribution in [1.29, 1.82) is 0 Å². The molecule has 1 heterocycles. The normalized spacial score (nSPS) is 30.1. The van der Waals surface area contributed by atoms with Crippen molar-refractivity contribution >= 4 is 27.3 Å². The van der Waals surface area contributed by atoms with Crippen LogP contribution in [0.4, 0.5) is 15.8 Å². The molecular weight excluding hydrogens is 603 g/mol. The highest BCUT2D eigenvalue weighted by Crippen LogP contribution is 2.70. The quantitative estimate of drug-likeness (QED) is 0.255. The summed E-state index contributed by atoms with van der Waals surface area (Å²) in [6.07, 6.45) is 6.79. The fourth-order valence-electron chi connectivity index (χ4n) is 8.24. The molecule has 4 bridgehead atoms. The topological polar surface area (TPSA) is 105 Å². The largest absolute Gasteiger partial charge is 0.339 e. The number of benzene rings is 2. The van der Waals surface area contributed by atoms with Gasteiger partial charge in [0.2, 0.25) is 21.8 Å². The van der Waals surface area contributed by atoms with E-state index in [9.17, 15) is 17.6 Å². The molecule has 3 aromatic rings. The number of aromatic nitrogens is 2. The molecule has 9 rings (SSSR count). The monoisotopic (exact) mass is 648 g/mol. The molecule has 0 spiro atoms. The van der Waals surface area contributed by atoms with Crippen LogP contribution in [-0.2, 0) is 25.6 Å². The molecule has 8 nitrogen and oxygen atoms in total. The molecule has 10 heteroatoms. The van der Waals surface area contributed by atoms with E-state index in [1.165, 1.54) is 0 Å². The first kappa shape index (κ1) is 31.3. The van der Waals surface area contributed by atoms with Gasteiger partial charge >= 0.3 is 0 Å². The molecular formula is C36H45FN4O4S. The molecule has 0 aliphatic heterocycles. The molecule has 246 valence electrons. The molecule has 6 saturated carbocycles. The van der Waals surface area contributed by atoms with Gasteiger partial charge in [0.15, 0.2) is 5.82 Å². The SMILES string of the molecule is CC(C)S(=O)(=O)Nc1ccc(-c2cccc(N(CC34CCC(c5noc(C(C)(C)C)n5)(CC3)CC4)C(=O)C34CC(F)(C3)C4)c2)cc1. The van der Waals surface area contributed by atoms with E-state index in [0.29, 0.717) is 37.4 Å². The zero-order valence-corrected chi connectivity index (χ0v) is 28.3. The van der Waals surface area contributed by atoms with Crippen molar-refractivity contribution in [2.24, 2.45) is 10.8 Å². The first-order valence-electron chi connectivity index (χ1n) is 16.6. The van der Waals surface area contributed by atoms with Crippen molar-refractivity contribution < 1.29 is 22.1 Å². The van der Waals surface area contributed by atoms with Crippen LogP contribution in [0.2, 0.25) is 0 Å². The van der Waals surface area contributed by atoms with E-state index < -0.39 is 26.4 Å². The van der Waals surface area contributed by atoms with Crippen LogP contribution in [0, 0.1) is 10.8 Å². The number of sulfonamides is 1. The Kier molecular flexibility index (Phi) is 7.06. The number of hydrogen-bond acceptors (Lipinski definition) is 6. The number of fused-ring (bicyclic) bond motifs is 3. The Labute approximate surface area is 271 Å². The number of nitrogens with one attached hydrogen (secondary N) is 1. The van der Waals surface area contributed by atoms with Gasteiger partial charge < -0.3 is 9.42 Å². The zero-order chi connectivity index (χ0) is 32.8. The van der Waals surface area contributed by atoms with Gasteiger partial charge in [-0.25, -0.2) is 12.8 Å². The number of nitrogens with zero attached hydrogens (tertiary/aromatic N) is 3. The molecule has 6 fully saturated rings. The Morgan fingerprint density at radius 1 is 0.978 bits per heavy atom. The molecule has 46 heavy (non-hydrogen) atoms. The van der Waals surface area contributed by atoms with Gasteiger partial charge in [-0.15, -0.1) is 0 Å². The maximum absolute atomic E-state index is 14.7. The summed E-state index contributed by atoms with van der Waals surface area (Å²) in [5, 5.41) is 3.91. The van der Waals surface area contributed by atoms with E-state index in [4.69, 9.17) is 9.51 Å². The van der Waals surface area contributed by atoms with E-state index in [2.05, 4.69) is 30.6 Å². The van der Waals surface area contributed by atoms with Gasteiger partial charge in [-0.3, -0.25) is 9.52 Å². The molecule has 1 amide bonds. The molecule has 6 aliphatic rings. The maximum atomic E-state index is 14.7. The smallest absolute Gasteiger partial charge is 0.235 e. The number of alkyl halides is 1. The van der Waals surface area contributed by atoms with Crippen LogP contribution in [0.5, 0.6) is 0 Å². The van der Waals surface area contributed by atoms with Crippen LogP contribution in [-0.4, -0.2) is 41.9 Å². The molecule has 0 atom stereocenters. The average molecular weight is 649 g/mol. The average Bonchev–Trinajstić information content (AvgIpc) is 3.51. The Morgan fingerprint density at radius 2 is 1.61 bits per heavy atom. The van der Waals surface area contributed by atoms with E-state index in [0.717, 1.165) is 61.2 Å². The predicted molar refractivity (Wildman–Crippen MR) is 177 cm³/mol. The molecule has 1 N–H and O–H groups in total. The number of hydrogen-bond donors (Lipinski definition) is 1. The first-order valence-corrected chi connectivity index (χ1v) is 18.2. The van der Waals surface area contributed by atoms with Crippen LogP contribution >= 0.6 is 0 Å². The van der Waals surface area contributed by atoms with Crippen LogP contribution in [0.1, 0.15) is 104 Å². The fraction of sp³-hybridized carbons (Fsp3) is 0.583. The van der Waals surface area contributed by atoms with Crippen molar-refractivity contribution in [3.05, 3.63) is 60.2 Å². The van der Waals surface area contributed by atoms with Crippen LogP contribution in [0.25, 0.3) is 11.1 Å². The summed E-state index contributed by atoms with van der Waals surface area (Å²) < 4.78 is 47.6. The second kappa shape index (κ2) is 10.4. The van der Waals surface area contributed by atoms with Crippen LogP contribution in [0.15, 0.2) is 53.1 Å². The molecule has 1 aromatic heterocycles. The third kappa shape index (κ3) is 5.24. The summed E-state index contributed by atoms with van der Waals surface area (Å²) >= 11 is 0. The third-order valence-corrected chi connectivity index (χ3v) is 13.1. The molecule has 2 aromatic carbocycles. The lowest BCUT2D eigenvalue weighted by atomic mass is 9.41.